The second-order valence-electron chi connectivity index (χ2n) is 33.8. The van der Waals surface area contributed by atoms with E-state index in [1.165, 1.54) is 36.4 Å². The van der Waals surface area contributed by atoms with Gasteiger partial charge in [0, 0.05) is 55.5 Å². The van der Waals surface area contributed by atoms with Crippen LogP contribution < -0.4 is 28.4 Å². The standard InChI is InChI=1S/2C42H55F2N3O9S/c2*1-7-26-18-25(2)12-8-9-13-27-21-42(27,39(51)46-57(52,53)41(5)16-17-41)22-33(48)32-19-28(55-36-30-15-11-10-14-29(30)34(54-6)23-45-36)24-47(32)37(50)31(26)20-35(49)56-40(3,4)38(43)44/h2*9-11,13-15,23,25-28,31-32,38H,7-8,12,16-22,24H2,1-6H3,(H,46,51)/b2*13-9-/t25-,26+,27+,28+,31-,32-,42+;25-,26-,27-,28-,31+,32+,42-/m01/s1/i2*5D3. The zero-order valence-corrected chi connectivity index (χ0v) is 67.8. The zero-order valence-electron chi connectivity index (χ0n) is 72.2. The van der Waals surface area contributed by atoms with Crippen molar-refractivity contribution in [1.82, 2.24) is 29.2 Å². The van der Waals surface area contributed by atoms with Gasteiger partial charge in [-0.15, -0.1) is 0 Å². The normalized spacial score (nSPS) is 30.7. The third-order valence-electron chi connectivity index (χ3n) is 24.5. The summed E-state index contributed by atoms with van der Waals surface area (Å²) in [6, 6.07) is 12.1. The predicted molar refractivity (Wildman–Crippen MR) is 416 cm³/mol. The molecule has 0 spiro atoms. The van der Waals surface area contributed by atoms with Crippen LogP contribution in [0.2, 0.25) is 0 Å². The molecule has 4 aliphatic heterocycles. The maximum atomic E-state index is 15.0. The number of sulfonamides is 2. The number of Topliss-reactive ketones (excluding diaryl/α,β-unsaturated/α-hetero) is 2. The topological polar surface area (TPSA) is 317 Å². The molecule has 6 heterocycles. The molecule has 2 aromatic heterocycles. The molecular formula is C84H110F4N6O18S2. The van der Waals surface area contributed by atoms with E-state index < -0.39 is 211 Å². The second-order valence-corrected chi connectivity index (χ2v) is 37.8. The van der Waals surface area contributed by atoms with Crippen molar-refractivity contribution in [3.8, 4) is 23.3 Å². The maximum absolute atomic E-state index is 15.0. The first kappa shape index (κ1) is 78.3. The van der Waals surface area contributed by atoms with Crippen molar-refractivity contribution in [3.05, 3.63) is 85.2 Å². The monoisotopic (exact) mass is 1640 g/mol. The molecule has 624 valence electrons. The fourth-order valence-corrected chi connectivity index (χ4v) is 19.3. The number of hydrogen-bond acceptors (Lipinski definition) is 20. The average Bonchev–Trinajstić information content (AvgIpc) is 1.55. The molecule has 4 saturated carbocycles. The quantitative estimate of drug-likeness (QED) is 0.0419. The van der Waals surface area contributed by atoms with Crippen LogP contribution in [0.25, 0.3) is 21.5 Å². The molecule has 14 atom stereocenters. The minimum Gasteiger partial charge on any atom is -0.494 e. The molecule has 0 bridgehead atoms. The van der Waals surface area contributed by atoms with Crippen molar-refractivity contribution in [2.45, 2.75) is 255 Å². The van der Waals surface area contributed by atoms with Crippen LogP contribution >= 0.6 is 0 Å². The summed E-state index contributed by atoms with van der Waals surface area (Å²) in [5, 5.41) is 2.63. The number of amides is 4. The number of carbonyl (C=O) groups is 8. The Morgan fingerprint density at radius 3 is 1.26 bits per heavy atom. The third-order valence-corrected chi connectivity index (χ3v) is 28.3. The third kappa shape index (κ3) is 18.7. The van der Waals surface area contributed by atoms with Gasteiger partial charge in [-0.05, 0) is 166 Å². The summed E-state index contributed by atoms with van der Waals surface area (Å²) in [4.78, 5) is 126. The van der Waals surface area contributed by atoms with Gasteiger partial charge in [0.05, 0.1) is 96.8 Å². The van der Waals surface area contributed by atoms with Gasteiger partial charge < -0.3 is 38.2 Å². The SMILES string of the molecule is [2H]C([2H])([2H])C1(S(=O)(=O)NC(=O)[C@]23CC(=O)[C@@H]4C[C@@H](Oc5ncc(OC)c6ccccc56)CN4C(=O)[C@@H](CC(=O)OC(C)(C)C(F)F)[C@H](CC)C[C@@H](C)CC/C=C\[C@@H]2C3)CC1.[2H]C([2H])([2H])C1(S(=O)(=O)NC(=O)[C@]23CC(=O)[C@@H]4C[C@@H](Oc5ncc(OC)c6ccccc56)CN4C(=O)[C@@H](CC(=O)OC(C)(C)C(F)F)[C@H](CC)C[C@H](C)CC/C=C\[C@@H]2C3)CC1. The largest absolute Gasteiger partial charge is 0.494 e. The Morgan fingerprint density at radius 1 is 0.579 bits per heavy atom. The number of methoxy groups -OCH3 is 2. The number of nitrogens with one attached hydrogen (secondary N) is 2. The van der Waals surface area contributed by atoms with E-state index in [2.05, 4.69) is 19.4 Å². The maximum Gasteiger partial charge on any atom is 0.307 e. The Hall–Kier alpha value is -8.28. The van der Waals surface area contributed by atoms with Gasteiger partial charge in [0.15, 0.2) is 22.8 Å². The first-order chi connectivity index (χ1) is 56.2. The van der Waals surface area contributed by atoms with E-state index >= 15 is 9.59 Å². The first-order valence-electron chi connectivity index (χ1n) is 42.5. The number of ketones is 2. The Labute approximate surface area is 673 Å². The summed E-state index contributed by atoms with van der Waals surface area (Å²) in [5.41, 5.74) is -7.33. The van der Waals surface area contributed by atoms with Gasteiger partial charge in [0.1, 0.15) is 23.7 Å². The highest BCUT2D eigenvalue weighted by atomic mass is 32.2. The van der Waals surface area contributed by atoms with Gasteiger partial charge in [-0.2, -0.15) is 0 Å². The number of nitrogens with zero attached hydrogens (tertiary/aromatic N) is 4. The lowest BCUT2D eigenvalue weighted by Crippen LogP contribution is -2.48. The molecule has 4 aliphatic carbocycles. The summed E-state index contributed by atoms with van der Waals surface area (Å²) in [6.45, 7) is 6.09. The fraction of sp³-hybridized carbons (Fsp3) is 0.643. The summed E-state index contributed by atoms with van der Waals surface area (Å²) < 4.78 is 191. The smallest absolute Gasteiger partial charge is 0.307 e. The Balaban J connectivity index is 0.000000235. The molecule has 2 N–H and O–H groups in total. The summed E-state index contributed by atoms with van der Waals surface area (Å²) in [7, 11) is -6.35. The number of fused-ring (bicyclic) bond motifs is 6. The van der Waals surface area contributed by atoms with Crippen molar-refractivity contribution < 1.29 is 109 Å². The highest BCUT2D eigenvalue weighted by Crippen LogP contribution is 2.60. The molecule has 24 nitrogen and oxygen atoms in total. The highest BCUT2D eigenvalue weighted by molar-refractivity contribution is 7.92. The molecule has 0 unspecified atom stereocenters. The number of rotatable bonds is 22. The summed E-state index contributed by atoms with van der Waals surface area (Å²) >= 11 is 0. The van der Waals surface area contributed by atoms with E-state index in [4.69, 9.17) is 36.6 Å². The second kappa shape index (κ2) is 34.1. The van der Waals surface area contributed by atoms with Crippen molar-refractivity contribution in [2.75, 3.05) is 27.3 Å². The number of allylic oxidation sites excluding steroid dienone is 4. The summed E-state index contributed by atoms with van der Waals surface area (Å²) in [6.07, 6.45) is 4.61. The molecule has 6 fully saturated rings. The summed E-state index contributed by atoms with van der Waals surface area (Å²) in [5.74, 6) is -8.77. The minimum absolute atomic E-state index is 0.0297. The Kier molecular flexibility index (Phi) is 23.4. The van der Waals surface area contributed by atoms with Crippen LogP contribution in [0.5, 0.6) is 23.3 Å². The van der Waals surface area contributed by atoms with Crippen molar-refractivity contribution in [2.24, 2.45) is 58.2 Å². The lowest BCUT2D eigenvalue weighted by molar-refractivity contribution is -0.175. The van der Waals surface area contributed by atoms with Crippen LogP contribution in [-0.2, 0) is 67.9 Å². The first-order valence-corrected chi connectivity index (χ1v) is 42.5. The number of esters is 2. The van der Waals surface area contributed by atoms with Crippen LogP contribution in [-0.4, -0.2) is 169 Å². The lowest BCUT2D eigenvalue weighted by Gasteiger charge is -2.34. The molecule has 0 radical (unpaired) electrons. The molecule has 2 aromatic carbocycles. The van der Waals surface area contributed by atoms with Crippen molar-refractivity contribution in [3.63, 3.8) is 0 Å². The van der Waals surface area contributed by atoms with Crippen LogP contribution in [0.15, 0.2) is 85.2 Å². The van der Waals surface area contributed by atoms with Gasteiger partial charge in [-0.25, -0.2) is 44.4 Å². The number of halogens is 4. The molecule has 2 saturated heterocycles. The number of pyridine rings is 2. The van der Waals surface area contributed by atoms with E-state index in [1.54, 1.807) is 36.4 Å². The van der Waals surface area contributed by atoms with Crippen molar-refractivity contribution >= 4 is 88.7 Å². The van der Waals surface area contributed by atoms with Crippen LogP contribution in [0.1, 0.15) is 206 Å². The molecule has 114 heavy (non-hydrogen) atoms. The van der Waals surface area contributed by atoms with E-state index in [1.807, 2.05) is 64.1 Å². The molecule has 8 aliphatic rings. The van der Waals surface area contributed by atoms with Gasteiger partial charge in [0.2, 0.25) is 55.4 Å². The number of ether oxygens (including phenoxy) is 6. The number of benzene rings is 2. The number of hydrogen-bond donors (Lipinski definition) is 2. The highest BCUT2D eigenvalue weighted by Gasteiger charge is 2.65. The van der Waals surface area contributed by atoms with Gasteiger partial charge in [0.25, 0.3) is 12.9 Å². The van der Waals surface area contributed by atoms with Crippen molar-refractivity contribution in [1.29, 1.82) is 0 Å². The predicted octanol–water partition coefficient (Wildman–Crippen LogP) is 13.1. The average molecular weight is 1640 g/mol. The molecule has 30 heteroatoms. The number of alkyl halides is 4. The van der Waals surface area contributed by atoms with Gasteiger partial charge >= 0.3 is 11.9 Å². The van der Waals surface area contributed by atoms with E-state index in [9.17, 15) is 63.2 Å². The number of carbonyl (C=O) groups excluding carboxylic acids is 8. The lowest BCUT2D eigenvalue weighted by atomic mass is 9.79. The van der Waals surface area contributed by atoms with E-state index in [-0.39, 0.29) is 88.1 Å². The van der Waals surface area contributed by atoms with Crippen LogP contribution in [0.4, 0.5) is 17.6 Å². The van der Waals surface area contributed by atoms with Crippen LogP contribution in [0.3, 0.4) is 0 Å². The van der Waals surface area contributed by atoms with Crippen LogP contribution in [0, 0.1) is 58.2 Å². The Bertz CT molecular complexity index is 4560. The van der Waals surface area contributed by atoms with E-state index in [0.717, 1.165) is 27.7 Å². The van der Waals surface area contributed by atoms with Gasteiger partial charge in [-0.3, -0.25) is 47.8 Å². The zero-order chi connectivity index (χ0) is 88.0. The number of aromatic nitrogens is 2. The minimum atomic E-state index is -4.68. The van der Waals surface area contributed by atoms with Gasteiger partial charge in [-0.1, -0.05) is 101 Å². The molecule has 4 amide bonds. The Morgan fingerprint density at radius 2 is 0.939 bits per heavy atom. The molecule has 4 aromatic rings. The molecular weight excluding hydrogens is 1520 g/mol. The molecule has 12 rings (SSSR count). The fourth-order valence-electron chi connectivity index (χ4n) is 16.7. The van der Waals surface area contributed by atoms with E-state index in [0.29, 0.717) is 84.4 Å².